The maximum Gasteiger partial charge on any atom is 0.298 e. The summed E-state index contributed by atoms with van der Waals surface area (Å²) in [6.07, 6.45) is 1.61. The fourth-order valence-corrected chi connectivity index (χ4v) is 3.83. The molecular formula is C24H18N2O4S. The highest BCUT2D eigenvalue weighted by Gasteiger charge is 2.36. The van der Waals surface area contributed by atoms with Crippen LogP contribution in [0.2, 0.25) is 0 Å². The van der Waals surface area contributed by atoms with Crippen LogP contribution in [0.5, 0.6) is 5.75 Å². The van der Waals surface area contributed by atoms with Gasteiger partial charge in [0, 0.05) is 11.3 Å². The maximum absolute atomic E-state index is 12.8. The van der Waals surface area contributed by atoms with E-state index >= 15 is 0 Å². The largest absolute Gasteiger partial charge is 0.483 e. The second-order valence-electron chi connectivity index (χ2n) is 6.59. The van der Waals surface area contributed by atoms with E-state index in [0.29, 0.717) is 27.6 Å². The molecule has 0 unspecified atom stereocenters. The molecule has 1 fully saturated rings. The monoisotopic (exact) mass is 430 g/mol. The number of hydrogen-bond acceptors (Lipinski definition) is 5. The molecule has 0 saturated carbocycles. The zero-order valence-electron chi connectivity index (χ0n) is 16.4. The van der Waals surface area contributed by atoms with Crippen molar-refractivity contribution in [1.82, 2.24) is 0 Å². The van der Waals surface area contributed by atoms with E-state index in [9.17, 15) is 14.4 Å². The maximum atomic E-state index is 12.8. The molecule has 1 heterocycles. The van der Waals surface area contributed by atoms with Crippen molar-refractivity contribution in [1.29, 1.82) is 0 Å². The lowest BCUT2D eigenvalue weighted by Crippen LogP contribution is -2.27. The Kier molecular flexibility index (Phi) is 6.14. The van der Waals surface area contributed by atoms with E-state index in [1.807, 2.05) is 24.3 Å². The van der Waals surface area contributed by atoms with Gasteiger partial charge in [0.05, 0.1) is 10.6 Å². The fraction of sp³-hybridized carbons (Fsp3) is 0.0417. The molecule has 0 atom stereocenters. The average molecular weight is 430 g/mol. The standard InChI is InChI=1S/C24H18N2O4S/c27-22(25-18-10-3-1-4-11-18)16-30-20-14-8-7-9-17(20)15-21-23(28)26(24(29)31-21)19-12-5-2-6-13-19/h1-15H,16H2,(H,25,27)/b21-15+. The first kappa shape index (κ1) is 20.4. The van der Waals surface area contributed by atoms with Crippen LogP contribution < -0.4 is 15.0 Å². The van der Waals surface area contributed by atoms with E-state index in [1.165, 1.54) is 0 Å². The summed E-state index contributed by atoms with van der Waals surface area (Å²) in [5, 5.41) is 2.39. The molecular weight excluding hydrogens is 412 g/mol. The van der Waals surface area contributed by atoms with Crippen molar-refractivity contribution in [3.8, 4) is 5.75 Å². The fourth-order valence-electron chi connectivity index (χ4n) is 3.00. The van der Waals surface area contributed by atoms with Crippen LogP contribution in [-0.4, -0.2) is 23.7 Å². The van der Waals surface area contributed by atoms with Crippen LogP contribution in [-0.2, 0) is 9.59 Å². The van der Waals surface area contributed by atoms with Gasteiger partial charge in [0.15, 0.2) is 6.61 Å². The molecule has 31 heavy (non-hydrogen) atoms. The topological polar surface area (TPSA) is 75.7 Å². The summed E-state index contributed by atoms with van der Waals surface area (Å²) in [7, 11) is 0. The first-order valence-corrected chi connectivity index (χ1v) is 10.3. The normalized spacial score (nSPS) is 14.7. The first-order valence-electron chi connectivity index (χ1n) is 9.51. The van der Waals surface area contributed by atoms with Crippen LogP contribution in [0.25, 0.3) is 6.08 Å². The Bertz CT molecular complexity index is 1150. The molecule has 1 saturated heterocycles. The van der Waals surface area contributed by atoms with Gasteiger partial charge in [0.25, 0.3) is 17.1 Å². The summed E-state index contributed by atoms with van der Waals surface area (Å²) in [4.78, 5) is 38.8. The van der Waals surface area contributed by atoms with Crippen LogP contribution >= 0.6 is 11.8 Å². The quantitative estimate of drug-likeness (QED) is 0.561. The molecule has 0 radical (unpaired) electrons. The Balaban J connectivity index is 1.48. The van der Waals surface area contributed by atoms with Crippen molar-refractivity contribution in [3.63, 3.8) is 0 Å². The minimum atomic E-state index is -0.391. The minimum Gasteiger partial charge on any atom is -0.483 e. The van der Waals surface area contributed by atoms with Gasteiger partial charge >= 0.3 is 0 Å². The molecule has 1 N–H and O–H groups in total. The molecule has 0 spiro atoms. The highest BCUT2D eigenvalue weighted by atomic mass is 32.2. The van der Waals surface area contributed by atoms with Crippen LogP contribution in [0.15, 0.2) is 89.8 Å². The molecule has 154 valence electrons. The number of nitrogens with one attached hydrogen (secondary N) is 1. The van der Waals surface area contributed by atoms with Crippen LogP contribution in [0, 0.1) is 0 Å². The number of carbonyl (C=O) groups excluding carboxylic acids is 3. The van der Waals surface area contributed by atoms with Gasteiger partial charge in [-0.05, 0) is 48.2 Å². The number of thioether (sulfide) groups is 1. The molecule has 1 aliphatic heterocycles. The zero-order chi connectivity index (χ0) is 21.6. The van der Waals surface area contributed by atoms with E-state index in [4.69, 9.17) is 4.74 Å². The van der Waals surface area contributed by atoms with Gasteiger partial charge in [-0.2, -0.15) is 0 Å². The number of carbonyl (C=O) groups is 3. The van der Waals surface area contributed by atoms with Gasteiger partial charge in [-0.3, -0.25) is 14.4 Å². The number of anilines is 2. The minimum absolute atomic E-state index is 0.189. The Morgan fingerprint density at radius 2 is 1.55 bits per heavy atom. The number of hydrogen-bond donors (Lipinski definition) is 1. The first-order chi connectivity index (χ1) is 15.1. The van der Waals surface area contributed by atoms with Crippen molar-refractivity contribution >= 4 is 46.3 Å². The van der Waals surface area contributed by atoms with Crippen LogP contribution in [0.1, 0.15) is 5.56 Å². The average Bonchev–Trinajstić information content (AvgIpc) is 3.07. The van der Waals surface area contributed by atoms with Crippen molar-refractivity contribution in [2.45, 2.75) is 0 Å². The number of imide groups is 1. The molecule has 3 amide bonds. The van der Waals surface area contributed by atoms with Gasteiger partial charge in [0.1, 0.15) is 5.75 Å². The molecule has 1 aliphatic rings. The van der Waals surface area contributed by atoms with Gasteiger partial charge in [-0.1, -0.05) is 54.6 Å². The zero-order valence-corrected chi connectivity index (χ0v) is 17.2. The molecule has 4 rings (SSSR count). The van der Waals surface area contributed by atoms with E-state index < -0.39 is 5.91 Å². The lowest BCUT2D eigenvalue weighted by atomic mass is 10.2. The van der Waals surface area contributed by atoms with E-state index in [-0.39, 0.29) is 17.8 Å². The predicted molar refractivity (Wildman–Crippen MR) is 122 cm³/mol. The smallest absolute Gasteiger partial charge is 0.298 e. The lowest BCUT2D eigenvalue weighted by Gasteiger charge is -2.12. The second-order valence-corrected chi connectivity index (χ2v) is 7.59. The Morgan fingerprint density at radius 1 is 0.903 bits per heavy atom. The molecule has 0 bridgehead atoms. The SMILES string of the molecule is O=C(COc1ccccc1/C=C1/SC(=O)N(c2ccccc2)C1=O)Nc1ccccc1. The number of ether oxygens (including phenoxy) is 1. The van der Waals surface area contributed by atoms with Crippen molar-refractivity contribution in [2.24, 2.45) is 0 Å². The highest BCUT2D eigenvalue weighted by Crippen LogP contribution is 2.36. The number of para-hydroxylation sites is 3. The Hall–Kier alpha value is -3.84. The van der Waals surface area contributed by atoms with Gasteiger partial charge in [0.2, 0.25) is 0 Å². The van der Waals surface area contributed by atoms with Crippen molar-refractivity contribution in [3.05, 3.63) is 95.4 Å². The lowest BCUT2D eigenvalue weighted by molar-refractivity contribution is -0.118. The summed E-state index contributed by atoms with van der Waals surface area (Å²) >= 11 is 0.870. The molecule has 3 aromatic carbocycles. The summed E-state index contributed by atoms with van der Waals surface area (Å²) in [5.41, 5.74) is 1.81. The van der Waals surface area contributed by atoms with E-state index in [0.717, 1.165) is 16.7 Å². The Labute approximate surface area is 183 Å². The summed E-state index contributed by atoms with van der Waals surface area (Å²) < 4.78 is 5.68. The molecule has 0 aromatic heterocycles. The van der Waals surface area contributed by atoms with Gasteiger partial charge in [-0.25, -0.2) is 4.90 Å². The summed E-state index contributed by atoms with van der Waals surface area (Å²) in [6, 6.07) is 24.9. The third-order valence-corrected chi connectivity index (χ3v) is 5.30. The van der Waals surface area contributed by atoms with Crippen molar-refractivity contribution < 1.29 is 19.1 Å². The third-order valence-electron chi connectivity index (χ3n) is 4.43. The van der Waals surface area contributed by atoms with E-state index in [2.05, 4.69) is 5.32 Å². The molecule has 7 heteroatoms. The predicted octanol–water partition coefficient (Wildman–Crippen LogP) is 4.95. The van der Waals surface area contributed by atoms with Crippen LogP contribution in [0.4, 0.5) is 16.2 Å². The third kappa shape index (κ3) is 4.84. The number of nitrogens with zero attached hydrogens (tertiary/aromatic N) is 1. The van der Waals surface area contributed by atoms with Crippen molar-refractivity contribution in [2.75, 3.05) is 16.8 Å². The Morgan fingerprint density at radius 3 is 2.29 bits per heavy atom. The van der Waals surface area contributed by atoms with Crippen LogP contribution in [0.3, 0.4) is 0 Å². The number of amides is 3. The number of rotatable bonds is 6. The summed E-state index contributed by atoms with van der Waals surface area (Å²) in [5.74, 6) is -0.250. The summed E-state index contributed by atoms with van der Waals surface area (Å²) in [6.45, 7) is -0.189. The number of benzene rings is 3. The molecule has 6 nitrogen and oxygen atoms in total. The molecule has 0 aliphatic carbocycles. The second kappa shape index (κ2) is 9.32. The highest BCUT2D eigenvalue weighted by molar-refractivity contribution is 8.19. The van der Waals surface area contributed by atoms with Gasteiger partial charge in [-0.15, -0.1) is 0 Å². The van der Waals surface area contributed by atoms with E-state index in [1.54, 1.807) is 66.7 Å². The van der Waals surface area contributed by atoms with Gasteiger partial charge < -0.3 is 10.1 Å². The molecule has 3 aromatic rings.